The quantitative estimate of drug-likeness (QED) is 0.551. The summed E-state index contributed by atoms with van der Waals surface area (Å²) >= 11 is 0. The number of esters is 2. The number of ether oxygens (including phenoxy) is 1. The second-order valence-corrected chi connectivity index (χ2v) is 4.44. The van der Waals surface area contributed by atoms with Gasteiger partial charge in [0.25, 0.3) is 5.91 Å². The van der Waals surface area contributed by atoms with Gasteiger partial charge in [-0.2, -0.15) is 0 Å². The molecule has 18 heavy (non-hydrogen) atoms. The lowest BCUT2D eigenvalue weighted by Gasteiger charge is -2.15. The number of hydrogen-bond donors (Lipinski definition) is 0. The minimum atomic E-state index is -0.675. The fourth-order valence-electron chi connectivity index (χ4n) is 2.32. The van der Waals surface area contributed by atoms with Crippen LogP contribution in [0.3, 0.4) is 0 Å². The van der Waals surface area contributed by atoms with E-state index in [0.29, 0.717) is 5.56 Å². The number of likely N-dealkylation sites (tertiary alicyclic amines) is 1. The molecule has 0 radical (unpaired) electrons. The summed E-state index contributed by atoms with van der Waals surface area (Å²) in [6.45, 7) is 1.50. The van der Waals surface area contributed by atoms with Crippen molar-refractivity contribution in [3.63, 3.8) is 0 Å². The molecule has 92 valence electrons. The maximum absolute atomic E-state index is 12.1. The van der Waals surface area contributed by atoms with Crippen molar-refractivity contribution < 1.29 is 19.1 Å². The molecule has 0 unspecified atom stereocenters. The Morgan fingerprint density at radius 3 is 2.44 bits per heavy atom. The Kier molecular flexibility index (Phi) is 2.40. The van der Waals surface area contributed by atoms with E-state index in [2.05, 4.69) is 4.74 Å². The maximum atomic E-state index is 12.1. The number of rotatable bonds is 1. The number of nitrogens with zero attached hydrogens (tertiary/aromatic N) is 1. The summed E-state index contributed by atoms with van der Waals surface area (Å²) in [5, 5.41) is 0. The standard InChI is InChI=1S/C13H11NO4/c15-11(14-5-1-2-6-14)8-3-4-9-10(7-8)13(17)18-12(9)16/h3-4,7H,1-2,5-6H2. The third kappa shape index (κ3) is 1.59. The smallest absolute Gasteiger partial charge is 0.346 e. The molecule has 1 saturated heterocycles. The predicted octanol–water partition coefficient (Wildman–Crippen LogP) is 1.23. The minimum Gasteiger partial charge on any atom is -0.386 e. The van der Waals surface area contributed by atoms with Crippen LogP contribution in [0.2, 0.25) is 0 Å². The van der Waals surface area contributed by atoms with Gasteiger partial charge in [-0.05, 0) is 31.0 Å². The molecule has 0 spiro atoms. The van der Waals surface area contributed by atoms with Crippen LogP contribution in [0.4, 0.5) is 0 Å². The lowest BCUT2D eigenvalue weighted by molar-refractivity contribution is 0.0443. The van der Waals surface area contributed by atoms with Gasteiger partial charge in [0.2, 0.25) is 0 Å². The normalized spacial score (nSPS) is 17.9. The Labute approximate surface area is 103 Å². The fraction of sp³-hybridized carbons (Fsp3) is 0.308. The van der Waals surface area contributed by atoms with E-state index in [1.807, 2.05) is 0 Å². The zero-order valence-electron chi connectivity index (χ0n) is 9.64. The Bertz CT molecular complexity index is 558. The number of cyclic esters (lactones) is 2. The predicted molar refractivity (Wildman–Crippen MR) is 61.3 cm³/mol. The van der Waals surface area contributed by atoms with Gasteiger partial charge in [0.05, 0.1) is 11.1 Å². The molecule has 1 aromatic carbocycles. The van der Waals surface area contributed by atoms with Crippen LogP contribution in [0.25, 0.3) is 0 Å². The van der Waals surface area contributed by atoms with Gasteiger partial charge in [0.15, 0.2) is 0 Å². The van der Waals surface area contributed by atoms with E-state index < -0.39 is 11.9 Å². The van der Waals surface area contributed by atoms with Crippen LogP contribution < -0.4 is 0 Å². The molecule has 0 aromatic heterocycles. The largest absolute Gasteiger partial charge is 0.386 e. The van der Waals surface area contributed by atoms with Gasteiger partial charge in [-0.3, -0.25) is 4.79 Å². The third-order valence-electron chi connectivity index (χ3n) is 3.29. The molecule has 3 rings (SSSR count). The molecular weight excluding hydrogens is 234 g/mol. The van der Waals surface area contributed by atoms with Crippen molar-refractivity contribution in [2.75, 3.05) is 13.1 Å². The number of carbonyl (C=O) groups excluding carboxylic acids is 3. The Hall–Kier alpha value is -2.17. The van der Waals surface area contributed by atoms with Crippen LogP contribution in [0.15, 0.2) is 18.2 Å². The first kappa shape index (κ1) is 11.0. The van der Waals surface area contributed by atoms with Crippen molar-refractivity contribution in [1.82, 2.24) is 4.90 Å². The fourth-order valence-corrected chi connectivity index (χ4v) is 2.32. The Morgan fingerprint density at radius 1 is 1.06 bits per heavy atom. The maximum Gasteiger partial charge on any atom is 0.346 e. The number of amides is 1. The number of benzene rings is 1. The zero-order chi connectivity index (χ0) is 12.7. The van der Waals surface area contributed by atoms with Crippen molar-refractivity contribution in [3.8, 4) is 0 Å². The molecule has 0 aliphatic carbocycles. The molecule has 0 atom stereocenters. The average molecular weight is 245 g/mol. The molecule has 5 nitrogen and oxygen atoms in total. The van der Waals surface area contributed by atoms with E-state index in [1.54, 1.807) is 11.0 Å². The van der Waals surface area contributed by atoms with Crippen LogP contribution in [-0.2, 0) is 4.74 Å². The van der Waals surface area contributed by atoms with Gasteiger partial charge in [-0.15, -0.1) is 0 Å². The second kappa shape index (κ2) is 3.94. The van der Waals surface area contributed by atoms with Crippen LogP contribution in [0.1, 0.15) is 43.9 Å². The zero-order valence-corrected chi connectivity index (χ0v) is 9.64. The molecule has 0 bridgehead atoms. The molecule has 1 amide bonds. The van der Waals surface area contributed by atoms with Crippen molar-refractivity contribution >= 4 is 17.8 Å². The van der Waals surface area contributed by atoms with Crippen LogP contribution in [0, 0.1) is 0 Å². The monoisotopic (exact) mass is 245 g/mol. The van der Waals surface area contributed by atoms with Gasteiger partial charge < -0.3 is 9.64 Å². The van der Waals surface area contributed by atoms with Gasteiger partial charge in [-0.25, -0.2) is 9.59 Å². The van der Waals surface area contributed by atoms with Gasteiger partial charge in [0, 0.05) is 18.7 Å². The number of fused-ring (bicyclic) bond motifs is 1. The minimum absolute atomic E-state index is 0.0950. The van der Waals surface area contributed by atoms with E-state index in [9.17, 15) is 14.4 Å². The highest BCUT2D eigenvalue weighted by Crippen LogP contribution is 2.22. The summed E-state index contributed by atoms with van der Waals surface area (Å²) in [5.41, 5.74) is 0.852. The number of carbonyl (C=O) groups is 3. The van der Waals surface area contributed by atoms with Crippen LogP contribution in [0.5, 0.6) is 0 Å². The first-order chi connectivity index (χ1) is 8.66. The highest BCUT2D eigenvalue weighted by molar-refractivity contribution is 6.15. The summed E-state index contributed by atoms with van der Waals surface area (Å²) < 4.78 is 4.49. The van der Waals surface area contributed by atoms with Gasteiger partial charge >= 0.3 is 11.9 Å². The SMILES string of the molecule is O=C1OC(=O)c2cc(C(=O)N3CCCC3)ccc21. The summed E-state index contributed by atoms with van der Waals surface area (Å²) in [6, 6.07) is 4.49. The lowest BCUT2D eigenvalue weighted by atomic mass is 10.1. The average Bonchev–Trinajstić information content (AvgIpc) is 2.98. The molecule has 5 heteroatoms. The topological polar surface area (TPSA) is 63.7 Å². The highest BCUT2D eigenvalue weighted by Gasteiger charge is 2.31. The third-order valence-corrected chi connectivity index (χ3v) is 3.29. The van der Waals surface area contributed by atoms with Crippen molar-refractivity contribution in [2.24, 2.45) is 0 Å². The Morgan fingerprint density at radius 2 is 1.72 bits per heavy atom. The van der Waals surface area contributed by atoms with E-state index in [4.69, 9.17) is 0 Å². The summed E-state index contributed by atoms with van der Waals surface area (Å²) in [4.78, 5) is 36.6. The molecule has 2 heterocycles. The summed E-state index contributed by atoms with van der Waals surface area (Å²) in [7, 11) is 0. The van der Waals surface area contributed by atoms with E-state index in [1.165, 1.54) is 12.1 Å². The van der Waals surface area contributed by atoms with Gasteiger partial charge in [-0.1, -0.05) is 0 Å². The highest BCUT2D eigenvalue weighted by atomic mass is 16.6. The molecular formula is C13H11NO4. The molecule has 1 aromatic rings. The summed E-state index contributed by atoms with van der Waals surface area (Å²) in [5.74, 6) is -1.41. The molecule has 2 aliphatic heterocycles. The molecule has 0 N–H and O–H groups in total. The van der Waals surface area contributed by atoms with E-state index in [-0.39, 0.29) is 17.0 Å². The molecule has 1 fully saturated rings. The van der Waals surface area contributed by atoms with E-state index >= 15 is 0 Å². The molecule has 0 saturated carbocycles. The van der Waals surface area contributed by atoms with Crippen molar-refractivity contribution in [1.29, 1.82) is 0 Å². The first-order valence-electron chi connectivity index (χ1n) is 5.86. The van der Waals surface area contributed by atoms with Crippen LogP contribution >= 0.6 is 0 Å². The lowest BCUT2D eigenvalue weighted by Crippen LogP contribution is -2.27. The van der Waals surface area contributed by atoms with Crippen molar-refractivity contribution in [2.45, 2.75) is 12.8 Å². The second-order valence-electron chi connectivity index (χ2n) is 4.44. The van der Waals surface area contributed by atoms with E-state index in [0.717, 1.165) is 25.9 Å². The Balaban J connectivity index is 1.95. The first-order valence-corrected chi connectivity index (χ1v) is 5.86. The van der Waals surface area contributed by atoms with Crippen molar-refractivity contribution in [3.05, 3.63) is 34.9 Å². The molecule has 2 aliphatic rings. The summed E-state index contributed by atoms with van der Waals surface area (Å²) in [6.07, 6.45) is 2.02. The van der Waals surface area contributed by atoms with Gasteiger partial charge in [0.1, 0.15) is 0 Å². The van der Waals surface area contributed by atoms with Crippen LogP contribution in [-0.4, -0.2) is 35.8 Å². The number of hydrogen-bond acceptors (Lipinski definition) is 4.